The summed E-state index contributed by atoms with van der Waals surface area (Å²) in [6.07, 6.45) is 0.716. The van der Waals surface area contributed by atoms with Crippen LogP contribution in [0.1, 0.15) is 38.8 Å². The highest BCUT2D eigenvalue weighted by Crippen LogP contribution is 2.17. The van der Waals surface area contributed by atoms with E-state index in [0.29, 0.717) is 6.42 Å². The first-order chi connectivity index (χ1) is 9.76. The lowest BCUT2D eigenvalue weighted by Crippen LogP contribution is -2.39. The number of carbonyl (C=O) groups is 1. The second-order valence-electron chi connectivity index (χ2n) is 5.13. The Hall–Kier alpha value is -1.44. The molecule has 0 aliphatic heterocycles. The van der Waals surface area contributed by atoms with Gasteiger partial charge in [-0.05, 0) is 38.0 Å². The molecular formula is C14H23N3O3S. The number of nitrogens with two attached hydrogens (primary N) is 1. The third kappa shape index (κ3) is 5.45. The summed E-state index contributed by atoms with van der Waals surface area (Å²) in [7, 11) is -3.72. The van der Waals surface area contributed by atoms with E-state index in [1.54, 1.807) is 12.1 Å². The number of amides is 1. The van der Waals surface area contributed by atoms with Gasteiger partial charge in [-0.3, -0.25) is 4.79 Å². The van der Waals surface area contributed by atoms with Gasteiger partial charge in [0.25, 0.3) is 0 Å². The number of carbonyl (C=O) groups excluding carboxylic acids is 1. The van der Waals surface area contributed by atoms with Crippen molar-refractivity contribution < 1.29 is 13.2 Å². The van der Waals surface area contributed by atoms with Crippen LogP contribution >= 0.6 is 0 Å². The molecule has 118 valence electrons. The molecule has 4 N–H and O–H groups in total. The van der Waals surface area contributed by atoms with Gasteiger partial charge in [0.1, 0.15) is 0 Å². The number of rotatable bonds is 7. The highest BCUT2D eigenvalue weighted by atomic mass is 32.2. The van der Waals surface area contributed by atoms with Crippen molar-refractivity contribution in [3.63, 3.8) is 0 Å². The van der Waals surface area contributed by atoms with Crippen molar-refractivity contribution in [1.82, 2.24) is 10.0 Å². The van der Waals surface area contributed by atoms with Crippen LogP contribution in [0.25, 0.3) is 0 Å². The lowest BCUT2D eigenvalue weighted by atomic mass is 10.1. The molecule has 0 radical (unpaired) electrons. The molecule has 0 fully saturated rings. The Labute approximate surface area is 126 Å². The number of benzene rings is 1. The van der Waals surface area contributed by atoms with E-state index in [1.165, 1.54) is 12.1 Å². The van der Waals surface area contributed by atoms with Crippen LogP contribution in [0, 0.1) is 0 Å². The standard InChI is InChI=1S/C14H23N3O3S/c1-4-13(15)11-6-5-7-12(8-11)21(19,20)16-9-14(18)17-10(2)3/h5-8,10,13,16H,4,9,15H2,1-3H3,(H,17,18). The highest BCUT2D eigenvalue weighted by molar-refractivity contribution is 7.89. The zero-order valence-corrected chi connectivity index (χ0v) is 13.4. The molecular weight excluding hydrogens is 290 g/mol. The van der Waals surface area contributed by atoms with Gasteiger partial charge in [0.2, 0.25) is 15.9 Å². The first-order valence-corrected chi connectivity index (χ1v) is 8.39. The average molecular weight is 313 g/mol. The molecule has 0 aromatic heterocycles. The van der Waals surface area contributed by atoms with Crippen molar-refractivity contribution in [3.05, 3.63) is 29.8 Å². The molecule has 0 bridgehead atoms. The summed E-state index contributed by atoms with van der Waals surface area (Å²) in [6, 6.07) is 6.22. The summed E-state index contributed by atoms with van der Waals surface area (Å²) in [5.74, 6) is -0.366. The van der Waals surface area contributed by atoms with E-state index in [1.807, 2.05) is 20.8 Å². The Kier molecular flexibility index (Phi) is 6.32. The molecule has 0 heterocycles. The third-order valence-corrected chi connectivity index (χ3v) is 4.31. The number of sulfonamides is 1. The van der Waals surface area contributed by atoms with E-state index in [4.69, 9.17) is 5.73 Å². The van der Waals surface area contributed by atoms with Crippen LogP contribution in [0.5, 0.6) is 0 Å². The molecule has 1 amide bonds. The van der Waals surface area contributed by atoms with Crippen molar-refractivity contribution in [1.29, 1.82) is 0 Å². The third-order valence-electron chi connectivity index (χ3n) is 2.91. The van der Waals surface area contributed by atoms with Crippen LogP contribution in [0.4, 0.5) is 0 Å². The normalized spacial score (nSPS) is 13.2. The van der Waals surface area contributed by atoms with Crippen molar-refractivity contribution >= 4 is 15.9 Å². The molecule has 0 aliphatic rings. The fraction of sp³-hybridized carbons (Fsp3) is 0.500. The van der Waals surface area contributed by atoms with Crippen molar-refractivity contribution in [3.8, 4) is 0 Å². The number of hydrogen-bond donors (Lipinski definition) is 3. The smallest absolute Gasteiger partial charge is 0.241 e. The topological polar surface area (TPSA) is 101 Å². The molecule has 7 heteroatoms. The fourth-order valence-electron chi connectivity index (χ4n) is 1.76. The number of nitrogens with one attached hydrogen (secondary N) is 2. The predicted octanol–water partition coefficient (Wildman–Crippen LogP) is 0.899. The Bertz CT molecular complexity index is 585. The van der Waals surface area contributed by atoms with Gasteiger partial charge in [0.05, 0.1) is 11.4 Å². The molecule has 0 aliphatic carbocycles. The second-order valence-corrected chi connectivity index (χ2v) is 6.90. The summed E-state index contributed by atoms with van der Waals surface area (Å²) in [5, 5.41) is 2.62. The van der Waals surface area contributed by atoms with E-state index >= 15 is 0 Å². The largest absolute Gasteiger partial charge is 0.353 e. The summed E-state index contributed by atoms with van der Waals surface area (Å²) in [5.41, 5.74) is 6.66. The average Bonchev–Trinajstić information content (AvgIpc) is 2.44. The maximum atomic E-state index is 12.2. The highest BCUT2D eigenvalue weighted by Gasteiger charge is 2.17. The lowest BCUT2D eigenvalue weighted by Gasteiger charge is -2.12. The van der Waals surface area contributed by atoms with Crippen LogP contribution < -0.4 is 15.8 Å². The molecule has 0 saturated heterocycles. The fourth-order valence-corrected chi connectivity index (χ4v) is 2.80. The monoisotopic (exact) mass is 313 g/mol. The van der Waals surface area contributed by atoms with E-state index in [2.05, 4.69) is 10.0 Å². The van der Waals surface area contributed by atoms with Gasteiger partial charge < -0.3 is 11.1 Å². The van der Waals surface area contributed by atoms with Crippen molar-refractivity contribution in [2.45, 2.75) is 44.2 Å². The Morgan fingerprint density at radius 2 is 2.00 bits per heavy atom. The zero-order chi connectivity index (χ0) is 16.0. The van der Waals surface area contributed by atoms with E-state index < -0.39 is 10.0 Å². The SMILES string of the molecule is CCC(N)c1cccc(S(=O)(=O)NCC(=O)NC(C)C)c1. The van der Waals surface area contributed by atoms with Gasteiger partial charge in [-0.2, -0.15) is 0 Å². The minimum atomic E-state index is -3.72. The van der Waals surface area contributed by atoms with E-state index in [0.717, 1.165) is 5.56 Å². The summed E-state index contributed by atoms with van der Waals surface area (Å²) in [6.45, 7) is 5.26. The summed E-state index contributed by atoms with van der Waals surface area (Å²) in [4.78, 5) is 11.6. The van der Waals surface area contributed by atoms with Gasteiger partial charge in [-0.15, -0.1) is 0 Å². The summed E-state index contributed by atoms with van der Waals surface area (Å²) >= 11 is 0. The van der Waals surface area contributed by atoms with Crippen molar-refractivity contribution in [2.24, 2.45) is 5.73 Å². The van der Waals surface area contributed by atoms with Gasteiger partial charge in [0.15, 0.2) is 0 Å². The zero-order valence-electron chi connectivity index (χ0n) is 12.6. The Morgan fingerprint density at radius 3 is 2.57 bits per heavy atom. The van der Waals surface area contributed by atoms with Gasteiger partial charge >= 0.3 is 0 Å². The molecule has 0 spiro atoms. The molecule has 21 heavy (non-hydrogen) atoms. The molecule has 1 aromatic carbocycles. The van der Waals surface area contributed by atoms with Crippen LogP contribution in [0.3, 0.4) is 0 Å². The molecule has 1 rings (SSSR count). The van der Waals surface area contributed by atoms with E-state index in [-0.39, 0.29) is 29.4 Å². The maximum absolute atomic E-state index is 12.2. The quantitative estimate of drug-likeness (QED) is 0.696. The Balaban J connectivity index is 2.81. The Morgan fingerprint density at radius 1 is 1.33 bits per heavy atom. The van der Waals surface area contributed by atoms with Crippen LogP contribution in [-0.4, -0.2) is 26.9 Å². The van der Waals surface area contributed by atoms with Gasteiger partial charge in [-0.25, -0.2) is 13.1 Å². The molecule has 0 saturated carbocycles. The van der Waals surface area contributed by atoms with Crippen LogP contribution in [0.15, 0.2) is 29.2 Å². The van der Waals surface area contributed by atoms with Gasteiger partial charge in [0, 0.05) is 12.1 Å². The van der Waals surface area contributed by atoms with Crippen LogP contribution in [-0.2, 0) is 14.8 Å². The molecule has 1 unspecified atom stereocenters. The predicted molar refractivity (Wildman–Crippen MR) is 82.1 cm³/mol. The van der Waals surface area contributed by atoms with Crippen LogP contribution in [0.2, 0.25) is 0 Å². The first kappa shape index (κ1) is 17.6. The van der Waals surface area contributed by atoms with E-state index in [9.17, 15) is 13.2 Å². The second kappa shape index (κ2) is 7.53. The lowest BCUT2D eigenvalue weighted by molar-refractivity contribution is -0.120. The van der Waals surface area contributed by atoms with Gasteiger partial charge in [-0.1, -0.05) is 19.1 Å². The van der Waals surface area contributed by atoms with Crippen molar-refractivity contribution in [2.75, 3.05) is 6.54 Å². The molecule has 1 atom stereocenters. The summed E-state index contributed by atoms with van der Waals surface area (Å²) < 4.78 is 26.6. The minimum Gasteiger partial charge on any atom is -0.353 e. The maximum Gasteiger partial charge on any atom is 0.241 e. The molecule has 6 nitrogen and oxygen atoms in total. The molecule has 1 aromatic rings. The minimum absolute atomic E-state index is 0.0344. The number of hydrogen-bond acceptors (Lipinski definition) is 4. The first-order valence-electron chi connectivity index (χ1n) is 6.90.